The Morgan fingerprint density at radius 1 is 1.75 bits per heavy atom. The van der Waals surface area contributed by atoms with Crippen molar-refractivity contribution in [1.82, 2.24) is 4.90 Å². The number of aliphatic carboxylic acids is 1. The van der Waals surface area contributed by atoms with Gasteiger partial charge in [-0.25, -0.2) is 4.79 Å². The number of carbonyl (C=O) groups is 3. The van der Waals surface area contributed by atoms with Crippen molar-refractivity contribution in [3.05, 3.63) is 11.8 Å². The summed E-state index contributed by atoms with van der Waals surface area (Å²) in [5.41, 5.74) is 0.0295. The quantitative estimate of drug-likeness (QED) is 0.571. The van der Waals surface area contributed by atoms with Crippen LogP contribution in [0.25, 0.3) is 0 Å². The fourth-order valence-electron chi connectivity index (χ4n) is 0.936. The first kappa shape index (κ1) is 8.45. The van der Waals surface area contributed by atoms with Crippen LogP contribution in [-0.2, 0) is 14.4 Å². The van der Waals surface area contributed by atoms with Gasteiger partial charge in [0.25, 0.3) is 0 Å². The summed E-state index contributed by atoms with van der Waals surface area (Å²) in [6, 6.07) is 0. The average Bonchev–Trinajstić information content (AvgIpc) is 2.34. The molecule has 1 amide bonds. The van der Waals surface area contributed by atoms with Crippen LogP contribution in [0.4, 0.5) is 0 Å². The Morgan fingerprint density at radius 3 is 2.83 bits per heavy atom. The summed E-state index contributed by atoms with van der Waals surface area (Å²) in [7, 11) is 0. The van der Waals surface area contributed by atoms with Crippen LogP contribution in [0.5, 0.6) is 0 Å². The molecule has 0 unspecified atom stereocenters. The van der Waals surface area contributed by atoms with Crippen LogP contribution in [-0.4, -0.2) is 34.7 Å². The fraction of sp³-hybridized carbons (Fsp3) is 0.286. The van der Waals surface area contributed by atoms with Gasteiger partial charge in [0.1, 0.15) is 6.29 Å². The molecule has 5 nitrogen and oxygen atoms in total. The maximum atomic E-state index is 10.9. The molecular formula is C7H7NO4. The van der Waals surface area contributed by atoms with Gasteiger partial charge in [-0.1, -0.05) is 0 Å². The summed E-state index contributed by atoms with van der Waals surface area (Å²) >= 11 is 0. The molecule has 0 atom stereocenters. The lowest BCUT2D eigenvalue weighted by atomic mass is 10.2. The predicted octanol–water partition coefficient (Wildman–Crippen LogP) is -0.614. The summed E-state index contributed by atoms with van der Waals surface area (Å²) in [4.78, 5) is 32.4. The lowest BCUT2D eigenvalue weighted by Crippen LogP contribution is -2.22. The van der Waals surface area contributed by atoms with Crippen molar-refractivity contribution in [3.8, 4) is 0 Å². The smallest absolute Gasteiger partial charge is 0.333 e. The van der Waals surface area contributed by atoms with E-state index in [-0.39, 0.29) is 24.4 Å². The first-order valence-electron chi connectivity index (χ1n) is 3.32. The van der Waals surface area contributed by atoms with Gasteiger partial charge >= 0.3 is 5.97 Å². The van der Waals surface area contributed by atoms with Crippen LogP contribution in [0, 0.1) is 0 Å². The van der Waals surface area contributed by atoms with Crippen molar-refractivity contribution in [2.45, 2.75) is 6.42 Å². The van der Waals surface area contributed by atoms with Crippen molar-refractivity contribution in [3.63, 3.8) is 0 Å². The SMILES string of the molecule is O=CCN1C=C(C(=O)O)CC1=O. The van der Waals surface area contributed by atoms with Crippen LogP contribution in [0.15, 0.2) is 11.8 Å². The zero-order chi connectivity index (χ0) is 9.14. The number of aldehydes is 1. The van der Waals surface area contributed by atoms with Crippen LogP contribution < -0.4 is 0 Å². The minimum Gasteiger partial charge on any atom is -0.478 e. The molecule has 0 saturated heterocycles. The maximum absolute atomic E-state index is 10.9. The number of hydrogen-bond acceptors (Lipinski definition) is 3. The second-order valence-electron chi connectivity index (χ2n) is 2.35. The largest absolute Gasteiger partial charge is 0.478 e. The minimum atomic E-state index is -1.11. The van der Waals surface area contributed by atoms with Gasteiger partial charge in [-0.3, -0.25) is 4.79 Å². The Morgan fingerprint density at radius 2 is 2.42 bits per heavy atom. The highest BCUT2D eigenvalue weighted by Crippen LogP contribution is 2.14. The van der Waals surface area contributed by atoms with E-state index in [0.717, 1.165) is 4.90 Å². The fourth-order valence-corrected chi connectivity index (χ4v) is 0.936. The van der Waals surface area contributed by atoms with Gasteiger partial charge in [-0.05, 0) is 0 Å². The molecule has 0 saturated carbocycles. The molecule has 0 spiro atoms. The molecule has 1 heterocycles. The van der Waals surface area contributed by atoms with Crippen molar-refractivity contribution >= 4 is 18.2 Å². The molecule has 1 N–H and O–H groups in total. The van der Waals surface area contributed by atoms with E-state index in [1.165, 1.54) is 6.20 Å². The molecule has 0 aromatic rings. The number of hydrogen-bond donors (Lipinski definition) is 1. The lowest BCUT2D eigenvalue weighted by molar-refractivity contribution is -0.134. The molecule has 0 bridgehead atoms. The summed E-state index contributed by atoms with van der Waals surface area (Å²) in [6.07, 6.45) is 1.63. The zero-order valence-electron chi connectivity index (χ0n) is 6.19. The lowest BCUT2D eigenvalue weighted by Gasteiger charge is -2.06. The van der Waals surface area contributed by atoms with Gasteiger partial charge < -0.3 is 14.8 Å². The molecule has 0 fully saturated rings. The molecule has 5 heteroatoms. The predicted molar refractivity (Wildman–Crippen MR) is 38.1 cm³/mol. The standard InChI is InChI=1S/C7H7NO4/c9-2-1-8-4-5(7(11)12)3-6(8)10/h2,4H,1,3H2,(H,11,12). The first-order chi connectivity index (χ1) is 5.65. The number of carbonyl (C=O) groups excluding carboxylic acids is 2. The number of carboxylic acid groups (broad SMARTS) is 1. The number of rotatable bonds is 3. The van der Waals surface area contributed by atoms with Crippen molar-refractivity contribution < 1.29 is 19.5 Å². The average molecular weight is 169 g/mol. The highest BCUT2D eigenvalue weighted by molar-refractivity contribution is 5.98. The van der Waals surface area contributed by atoms with Crippen molar-refractivity contribution in [1.29, 1.82) is 0 Å². The Labute approximate surface area is 68.3 Å². The van der Waals surface area contributed by atoms with E-state index < -0.39 is 5.97 Å². The van der Waals surface area contributed by atoms with Gasteiger partial charge in [-0.2, -0.15) is 0 Å². The van der Waals surface area contributed by atoms with E-state index in [1.54, 1.807) is 0 Å². The normalized spacial score (nSPS) is 16.2. The molecule has 0 radical (unpaired) electrons. The number of carboxylic acids is 1. The Hall–Kier alpha value is -1.65. The highest BCUT2D eigenvalue weighted by atomic mass is 16.4. The third kappa shape index (κ3) is 1.50. The van der Waals surface area contributed by atoms with Crippen molar-refractivity contribution in [2.24, 2.45) is 0 Å². The van der Waals surface area contributed by atoms with E-state index in [2.05, 4.69) is 0 Å². The summed E-state index contributed by atoms with van der Waals surface area (Å²) in [6.45, 7) is -0.0738. The Balaban J connectivity index is 2.72. The number of nitrogens with zero attached hydrogens (tertiary/aromatic N) is 1. The second-order valence-corrected chi connectivity index (χ2v) is 2.35. The molecule has 0 aromatic heterocycles. The third-order valence-corrected chi connectivity index (χ3v) is 1.52. The van der Waals surface area contributed by atoms with Gasteiger partial charge in [0, 0.05) is 6.20 Å². The molecule has 1 rings (SSSR count). The van der Waals surface area contributed by atoms with E-state index in [9.17, 15) is 14.4 Å². The second kappa shape index (κ2) is 3.17. The zero-order valence-corrected chi connectivity index (χ0v) is 6.19. The highest BCUT2D eigenvalue weighted by Gasteiger charge is 2.24. The first-order valence-corrected chi connectivity index (χ1v) is 3.32. The minimum absolute atomic E-state index is 0.0295. The summed E-state index contributed by atoms with van der Waals surface area (Å²) < 4.78 is 0. The van der Waals surface area contributed by atoms with E-state index in [4.69, 9.17) is 5.11 Å². The monoisotopic (exact) mass is 169 g/mol. The maximum Gasteiger partial charge on any atom is 0.333 e. The Kier molecular flexibility index (Phi) is 2.23. The summed E-state index contributed by atoms with van der Waals surface area (Å²) in [5.74, 6) is -1.46. The molecule has 1 aliphatic rings. The molecular weight excluding hydrogens is 162 g/mol. The van der Waals surface area contributed by atoms with Crippen LogP contribution in [0.1, 0.15) is 6.42 Å². The number of amides is 1. The van der Waals surface area contributed by atoms with E-state index in [0.29, 0.717) is 6.29 Å². The third-order valence-electron chi connectivity index (χ3n) is 1.52. The van der Waals surface area contributed by atoms with Crippen LogP contribution >= 0.6 is 0 Å². The molecule has 64 valence electrons. The molecule has 0 aromatic carbocycles. The molecule has 1 aliphatic heterocycles. The topological polar surface area (TPSA) is 74.7 Å². The van der Waals surface area contributed by atoms with Crippen LogP contribution in [0.2, 0.25) is 0 Å². The van der Waals surface area contributed by atoms with Gasteiger partial charge in [0.05, 0.1) is 18.5 Å². The summed E-state index contributed by atoms with van der Waals surface area (Å²) in [5, 5.41) is 8.48. The van der Waals surface area contributed by atoms with Gasteiger partial charge in [-0.15, -0.1) is 0 Å². The molecule has 12 heavy (non-hydrogen) atoms. The van der Waals surface area contributed by atoms with Gasteiger partial charge in [0.15, 0.2) is 0 Å². The van der Waals surface area contributed by atoms with Gasteiger partial charge in [0.2, 0.25) is 5.91 Å². The van der Waals surface area contributed by atoms with E-state index >= 15 is 0 Å². The van der Waals surface area contributed by atoms with E-state index in [1.807, 2.05) is 0 Å². The molecule has 0 aliphatic carbocycles. The van der Waals surface area contributed by atoms with Crippen LogP contribution in [0.3, 0.4) is 0 Å². The van der Waals surface area contributed by atoms with Crippen molar-refractivity contribution in [2.75, 3.05) is 6.54 Å². The Bertz CT molecular complexity index is 269.